The first-order valence-electron chi connectivity index (χ1n) is 13.5. The van der Waals surface area contributed by atoms with Crippen molar-refractivity contribution in [3.63, 3.8) is 0 Å². The third-order valence-corrected chi connectivity index (χ3v) is 6.53. The van der Waals surface area contributed by atoms with Crippen molar-refractivity contribution in [3.05, 3.63) is 0 Å². The maximum absolute atomic E-state index is 6.25. The molecule has 202 valence electrons. The van der Waals surface area contributed by atoms with E-state index in [-0.39, 0.29) is 11.9 Å². The lowest BCUT2D eigenvalue weighted by molar-refractivity contribution is 0.261. The lowest BCUT2D eigenvalue weighted by Gasteiger charge is -2.32. The molecule has 0 radical (unpaired) electrons. The number of nitrogens with two attached hydrogens (primary N) is 4. The van der Waals surface area contributed by atoms with Gasteiger partial charge < -0.3 is 27.8 Å². The van der Waals surface area contributed by atoms with Crippen LogP contribution in [-0.2, 0) is 0 Å². The van der Waals surface area contributed by atoms with E-state index >= 15 is 0 Å². The highest BCUT2D eigenvalue weighted by molar-refractivity contribution is 5.97. The standard InChI is InChI=1S/C25H52N10/c1-5-8-11-19(4)15-30-22(26)33-23(27)32-17-21-13-10-14-35(18-21)25(29)34-24(28)31-16-20(7-3)12-9-6-2/h19-21H,5-18H2,1-4H3,(H4,28,29,31,34)(H5,26,27,30,32,33). The lowest BCUT2D eigenvalue weighted by Crippen LogP contribution is -2.46. The second kappa shape index (κ2) is 17.8. The molecule has 1 aliphatic rings. The molecule has 1 saturated heterocycles. The Hall–Kier alpha value is -2.52. The van der Waals surface area contributed by atoms with Crippen molar-refractivity contribution in [2.75, 3.05) is 32.7 Å². The van der Waals surface area contributed by atoms with Gasteiger partial charge in [-0.15, -0.1) is 0 Å². The van der Waals surface area contributed by atoms with Gasteiger partial charge >= 0.3 is 0 Å². The van der Waals surface area contributed by atoms with Crippen LogP contribution in [0.4, 0.5) is 0 Å². The number of likely N-dealkylation sites (tertiary alicyclic amines) is 1. The first-order valence-corrected chi connectivity index (χ1v) is 13.5. The maximum Gasteiger partial charge on any atom is 0.218 e. The van der Waals surface area contributed by atoms with Crippen LogP contribution < -0.4 is 28.3 Å². The van der Waals surface area contributed by atoms with Gasteiger partial charge in [0.1, 0.15) is 0 Å². The highest BCUT2D eigenvalue weighted by Crippen LogP contribution is 2.17. The van der Waals surface area contributed by atoms with E-state index in [4.69, 9.17) is 22.9 Å². The van der Waals surface area contributed by atoms with Crippen LogP contribution in [0.5, 0.6) is 0 Å². The van der Waals surface area contributed by atoms with E-state index in [0.717, 1.165) is 38.8 Å². The normalized spacial score (nSPS) is 20.1. The van der Waals surface area contributed by atoms with Crippen LogP contribution in [0.25, 0.3) is 0 Å². The average molecular weight is 493 g/mol. The van der Waals surface area contributed by atoms with Gasteiger partial charge in [-0.25, -0.2) is 0 Å². The molecule has 9 N–H and O–H groups in total. The maximum atomic E-state index is 6.25. The van der Waals surface area contributed by atoms with Crippen LogP contribution >= 0.6 is 0 Å². The van der Waals surface area contributed by atoms with Gasteiger partial charge in [0.05, 0.1) is 0 Å². The minimum absolute atomic E-state index is 0.254. The Morgan fingerprint density at radius 1 is 0.943 bits per heavy atom. The van der Waals surface area contributed by atoms with Crippen molar-refractivity contribution < 1.29 is 0 Å². The molecule has 0 spiro atoms. The van der Waals surface area contributed by atoms with Gasteiger partial charge in [-0.1, -0.05) is 59.8 Å². The number of aliphatic imine (C=N–C) groups is 4. The van der Waals surface area contributed by atoms with E-state index < -0.39 is 0 Å². The van der Waals surface area contributed by atoms with Gasteiger partial charge in [-0.2, -0.15) is 4.99 Å². The quantitative estimate of drug-likeness (QED) is 0.195. The van der Waals surface area contributed by atoms with Crippen LogP contribution in [-0.4, -0.2) is 61.5 Å². The fourth-order valence-corrected chi connectivity index (χ4v) is 4.12. The van der Waals surface area contributed by atoms with Crippen molar-refractivity contribution in [1.29, 1.82) is 0 Å². The second-order valence-electron chi connectivity index (χ2n) is 9.86. The largest absolute Gasteiger partial charge is 0.370 e. The van der Waals surface area contributed by atoms with Crippen molar-refractivity contribution in [2.24, 2.45) is 60.7 Å². The molecule has 35 heavy (non-hydrogen) atoms. The topological polar surface area (TPSA) is 169 Å². The summed E-state index contributed by atoms with van der Waals surface area (Å²) in [6.45, 7) is 12.4. The molecule has 3 atom stereocenters. The zero-order valence-electron chi connectivity index (χ0n) is 22.7. The summed E-state index contributed by atoms with van der Waals surface area (Å²) in [6.07, 6.45) is 10.3. The molecule has 1 fully saturated rings. The van der Waals surface area contributed by atoms with Crippen LogP contribution in [0.1, 0.15) is 85.5 Å². The smallest absolute Gasteiger partial charge is 0.218 e. The fourth-order valence-electron chi connectivity index (χ4n) is 4.12. The van der Waals surface area contributed by atoms with E-state index in [0.29, 0.717) is 49.3 Å². The van der Waals surface area contributed by atoms with Gasteiger partial charge in [0.25, 0.3) is 0 Å². The zero-order valence-corrected chi connectivity index (χ0v) is 22.7. The Bertz CT molecular complexity index is 700. The van der Waals surface area contributed by atoms with E-state index in [2.05, 4.69) is 57.9 Å². The molecule has 1 heterocycles. The molecule has 0 bridgehead atoms. The van der Waals surface area contributed by atoms with E-state index in [9.17, 15) is 0 Å². The summed E-state index contributed by atoms with van der Waals surface area (Å²) in [4.78, 5) is 19.7. The van der Waals surface area contributed by atoms with Crippen LogP contribution in [0.2, 0.25) is 0 Å². The van der Waals surface area contributed by atoms with Crippen LogP contribution in [0.15, 0.2) is 20.0 Å². The number of nitrogens with zero attached hydrogens (tertiary/aromatic N) is 5. The third kappa shape index (κ3) is 13.8. The number of piperidine rings is 1. The monoisotopic (exact) mass is 492 g/mol. The highest BCUT2D eigenvalue weighted by Gasteiger charge is 2.21. The molecule has 0 saturated carbocycles. The Morgan fingerprint density at radius 2 is 1.63 bits per heavy atom. The molecule has 0 aromatic rings. The van der Waals surface area contributed by atoms with Crippen molar-refractivity contribution in [2.45, 2.75) is 85.5 Å². The van der Waals surface area contributed by atoms with Crippen molar-refractivity contribution in [3.8, 4) is 0 Å². The van der Waals surface area contributed by atoms with Gasteiger partial charge in [0.2, 0.25) is 5.96 Å². The first-order chi connectivity index (χ1) is 16.8. The Balaban J connectivity index is 2.54. The SMILES string of the molecule is CCCCC(C)CN=C(N)NC(N)=NCC1CCCN(/C(N)=N/C(N)=NCC(CC)CCCC)C1. The molecule has 1 rings (SSSR count). The summed E-state index contributed by atoms with van der Waals surface area (Å²) in [7, 11) is 0. The summed E-state index contributed by atoms with van der Waals surface area (Å²) >= 11 is 0. The summed E-state index contributed by atoms with van der Waals surface area (Å²) in [5, 5.41) is 2.89. The van der Waals surface area contributed by atoms with Crippen molar-refractivity contribution in [1.82, 2.24) is 10.2 Å². The first kappa shape index (κ1) is 30.5. The number of hydrogen-bond donors (Lipinski definition) is 5. The predicted octanol–water partition coefficient (Wildman–Crippen LogP) is 2.59. The summed E-state index contributed by atoms with van der Waals surface area (Å²) in [5.41, 5.74) is 24.3. The van der Waals surface area contributed by atoms with E-state index in [1.807, 2.05) is 0 Å². The second-order valence-corrected chi connectivity index (χ2v) is 9.86. The molecule has 0 aromatic heterocycles. The summed E-state index contributed by atoms with van der Waals surface area (Å²) in [5.74, 6) is 2.64. The number of unbranched alkanes of at least 4 members (excludes halogenated alkanes) is 2. The zero-order chi connectivity index (χ0) is 26.1. The Morgan fingerprint density at radius 3 is 2.31 bits per heavy atom. The van der Waals surface area contributed by atoms with Crippen molar-refractivity contribution >= 4 is 23.8 Å². The molecule has 0 aromatic carbocycles. The summed E-state index contributed by atoms with van der Waals surface area (Å²) in [6, 6.07) is 0. The van der Waals surface area contributed by atoms with E-state index in [1.54, 1.807) is 0 Å². The third-order valence-electron chi connectivity index (χ3n) is 6.53. The molecular weight excluding hydrogens is 440 g/mol. The van der Waals surface area contributed by atoms with Gasteiger partial charge in [-0.05, 0) is 43.4 Å². The molecule has 10 nitrogen and oxygen atoms in total. The number of hydrogen-bond acceptors (Lipinski definition) is 3. The minimum Gasteiger partial charge on any atom is -0.370 e. The summed E-state index contributed by atoms with van der Waals surface area (Å²) < 4.78 is 0. The molecule has 3 unspecified atom stereocenters. The van der Waals surface area contributed by atoms with Gasteiger partial charge in [0.15, 0.2) is 17.9 Å². The number of rotatable bonds is 13. The van der Waals surface area contributed by atoms with Gasteiger partial charge in [-0.3, -0.25) is 20.3 Å². The molecular formula is C25H52N10. The average Bonchev–Trinajstić information content (AvgIpc) is 2.85. The predicted molar refractivity (Wildman–Crippen MR) is 151 cm³/mol. The number of guanidine groups is 4. The van der Waals surface area contributed by atoms with Crippen LogP contribution in [0, 0.1) is 17.8 Å². The molecule has 1 aliphatic heterocycles. The lowest BCUT2D eigenvalue weighted by atomic mass is 9.98. The highest BCUT2D eigenvalue weighted by atomic mass is 15.3. The molecule has 0 amide bonds. The fraction of sp³-hybridized carbons (Fsp3) is 0.840. The molecule has 0 aliphatic carbocycles. The van der Waals surface area contributed by atoms with Gasteiger partial charge in [0, 0.05) is 32.7 Å². The molecule has 10 heteroatoms. The Labute approximate surface area is 213 Å². The minimum atomic E-state index is 0.254. The Kier molecular flexibility index (Phi) is 15.6. The number of nitrogens with one attached hydrogen (secondary N) is 1. The van der Waals surface area contributed by atoms with Crippen LogP contribution in [0.3, 0.4) is 0 Å². The van der Waals surface area contributed by atoms with E-state index in [1.165, 1.54) is 32.1 Å².